The van der Waals surface area contributed by atoms with Crippen molar-refractivity contribution in [3.63, 3.8) is 0 Å². The van der Waals surface area contributed by atoms with Crippen LogP contribution in [-0.2, 0) is 9.59 Å². The average molecular weight is 266 g/mol. The number of nitrogens with two attached hydrogens (primary N) is 1. The minimum atomic E-state index is -1.07. The van der Waals surface area contributed by atoms with Crippen LogP contribution in [0.3, 0.4) is 0 Å². The Morgan fingerprint density at radius 3 is 2.53 bits per heavy atom. The highest BCUT2D eigenvalue weighted by Gasteiger charge is 2.21. The van der Waals surface area contributed by atoms with Crippen molar-refractivity contribution < 1.29 is 19.8 Å². The van der Waals surface area contributed by atoms with E-state index in [2.05, 4.69) is 5.32 Å². The topological polar surface area (TPSA) is 113 Å². The van der Waals surface area contributed by atoms with Crippen molar-refractivity contribution in [2.24, 2.45) is 5.73 Å². The molecule has 0 aliphatic rings. The number of aromatic hydroxyl groups is 1. The number of nitrogens with one attached hydrogen (secondary N) is 1. The summed E-state index contributed by atoms with van der Waals surface area (Å²) in [5.41, 5.74) is 7.10. The highest BCUT2D eigenvalue weighted by molar-refractivity contribution is 5.79. The molecule has 0 saturated carbocycles. The van der Waals surface area contributed by atoms with Crippen molar-refractivity contribution in [1.29, 1.82) is 0 Å². The summed E-state index contributed by atoms with van der Waals surface area (Å²) in [4.78, 5) is 22.2. The Kier molecular flexibility index (Phi) is 4.88. The van der Waals surface area contributed by atoms with E-state index in [0.29, 0.717) is 11.1 Å². The number of hydrogen-bond donors (Lipinski definition) is 4. The minimum Gasteiger partial charge on any atom is -0.507 e. The number of carbonyl (C=O) groups is 2. The van der Waals surface area contributed by atoms with Crippen molar-refractivity contribution in [3.8, 4) is 5.75 Å². The molecule has 1 atom stereocenters. The SMILES string of the molecule is Cc1cc(C)c(O)c([C@@H](CC(=O)O)NC(=O)CN)c1. The maximum Gasteiger partial charge on any atom is 0.305 e. The number of carboxylic acids is 1. The molecule has 1 aromatic rings. The molecule has 6 heteroatoms. The van der Waals surface area contributed by atoms with E-state index in [4.69, 9.17) is 10.8 Å². The molecular formula is C13H18N2O4. The Labute approximate surface area is 111 Å². The van der Waals surface area contributed by atoms with Gasteiger partial charge in [0.1, 0.15) is 5.75 Å². The number of hydrogen-bond acceptors (Lipinski definition) is 4. The normalized spacial score (nSPS) is 11.9. The van der Waals surface area contributed by atoms with Gasteiger partial charge in [-0.3, -0.25) is 9.59 Å². The third kappa shape index (κ3) is 3.96. The molecule has 0 fully saturated rings. The predicted octanol–water partition coefficient (Wildman–Crippen LogP) is 0.600. The Morgan fingerprint density at radius 1 is 1.37 bits per heavy atom. The van der Waals surface area contributed by atoms with Gasteiger partial charge in [0, 0.05) is 5.56 Å². The summed E-state index contributed by atoms with van der Waals surface area (Å²) in [6.07, 6.45) is -0.317. The molecule has 0 heterocycles. The molecule has 0 bridgehead atoms. The molecule has 0 aromatic heterocycles. The molecule has 19 heavy (non-hydrogen) atoms. The number of phenolic OH excluding ortho intramolecular Hbond substituents is 1. The summed E-state index contributed by atoms with van der Waals surface area (Å²) >= 11 is 0. The van der Waals surface area contributed by atoms with Gasteiger partial charge in [0.25, 0.3) is 0 Å². The van der Waals surface area contributed by atoms with Crippen LogP contribution in [0.25, 0.3) is 0 Å². The first kappa shape index (κ1) is 15.0. The van der Waals surface area contributed by atoms with Gasteiger partial charge in [-0.15, -0.1) is 0 Å². The minimum absolute atomic E-state index is 0.00540. The second-order valence-electron chi connectivity index (χ2n) is 4.44. The lowest BCUT2D eigenvalue weighted by Gasteiger charge is -2.19. The molecule has 0 aliphatic heterocycles. The van der Waals surface area contributed by atoms with E-state index < -0.39 is 17.9 Å². The maximum atomic E-state index is 11.3. The second kappa shape index (κ2) is 6.19. The molecular weight excluding hydrogens is 248 g/mol. The summed E-state index contributed by atoms with van der Waals surface area (Å²) in [5, 5.41) is 21.4. The first-order valence-corrected chi connectivity index (χ1v) is 5.86. The zero-order valence-corrected chi connectivity index (χ0v) is 10.9. The van der Waals surface area contributed by atoms with E-state index in [1.807, 2.05) is 6.92 Å². The number of rotatable bonds is 5. The smallest absolute Gasteiger partial charge is 0.305 e. The van der Waals surface area contributed by atoms with Crippen LogP contribution < -0.4 is 11.1 Å². The summed E-state index contributed by atoms with van der Waals surface area (Å²) < 4.78 is 0. The Bertz CT molecular complexity index is 500. The fourth-order valence-electron chi connectivity index (χ4n) is 1.93. The number of aryl methyl sites for hydroxylation is 2. The molecule has 104 valence electrons. The Morgan fingerprint density at radius 2 is 2.00 bits per heavy atom. The molecule has 1 aromatic carbocycles. The molecule has 0 unspecified atom stereocenters. The van der Waals surface area contributed by atoms with E-state index in [1.165, 1.54) is 0 Å². The van der Waals surface area contributed by atoms with Gasteiger partial charge in [-0.2, -0.15) is 0 Å². The van der Waals surface area contributed by atoms with Crippen LogP contribution in [0.2, 0.25) is 0 Å². The summed E-state index contributed by atoms with van der Waals surface area (Å²) in [6.45, 7) is 3.31. The summed E-state index contributed by atoms with van der Waals surface area (Å²) in [7, 11) is 0. The third-order valence-corrected chi connectivity index (χ3v) is 2.75. The van der Waals surface area contributed by atoms with Gasteiger partial charge in [0.05, 0.1) is 19.0 Å². The van der Waals surface area contributed by atoms with E-state index in [9.17, 15) is 14.7 Å². The average Bonchev–Trinajstić information content (AvgIpc) is 2.32. The van der Waals surface area contributed by atoms with Crippen molar-refractivity contribution in [2.75, 3.05) is 6.54 Å². The van der Waals surface area contributed by atoms with Gasteiger partial charge >= 0.3 is 5.97 Å². The third-order valence-electron chi connectivity index (χ3n) is 2.75. The van der Waals surface area contributed by atoms with Crippen LogP contribution in [0.15, 0.2) is 12.1 Å². The highest BCUT2D eigenvalue weighted by Crippen LogP contribution is 2.30. The first-order valence-electron chi connectivity index (χ1n) is 5.86. The van der Waals surface area contributed by atoms with E-state index >= 15 is 0 Å². The lowest BCUT2D eigenvalue weighted by atomic mass is 9.97. The first-order chi connectivity index (χ1) is 8.85. The molecule has 5 N–H and O–H groups in total. The van der Waals surface area contributed by atoms with Crippen molar-refractivity contribution in [1.82, 2.24) is 5.32 Å². The van der Waals surface area contributed by atoms with E-state index in [1.54, 1.807) is 19.1 Å². The predicted molar refractivity (Wildman–Crippen MR) is 69.8 cm³/mol. The molecule has 0 spiro atoms. The molecule has 6 nitrogen and oxygen atoms in total. The van der Waals surface area contributed by atoms with Crippen LogP contribution in [0, 0.1) is 13.8 Å². The molecule has 0 saturated heterocycles. The molecule has 1 rings (SSSR count). The maximum absolute atomic E-state index is 11.3. The lowest BCUT2D eigenvalue weighted by molar-refractivity contribution is -0.137. The second-order valence-corrected chi connectivity index (χ2v) is 4.44. The van der Waals surface area contributed by atoms with Crippen molar-refractivity contribution in [2.45, 2.75) is 26.3 Å². The fourth-order valence-corrected chi connectivity index (χ4v) is 1.93. The van der Waals surface area contributed by atoms with Gasteiger partial charge in [-0.05, 0) is 19.4 Å². The standard InChI is InChI=1S/C13H18N2O4/c1-7-3-8(2)13(19)9(4-7)10(5-12(17)18)15-11(16)6-14/h3-4,10,19H,5-6,14H2,1-2H3,(H,15,16)(H,17,18)/t10-/m1/s1. The number of carbonyl (C=O) groups excluding carboxylic acids is 1. The highest BCUT2D eigenvalue weighted by atomic mass is 16.4. The van der Waals surface area contributed by atoms with Gasteiger partial charge in [-0.1, -0.05) is 17.7 Å². The van der Waals surface area contributed by atoms with Crippen LogP contribution in [0.5, 0.6) is 5.75 Å². The van der Waals surface area contributed by atoms with Crippen LogP contribution in [0.4, 0.5) is 0 Å². The van der Waals surface area contributed by atoms with Crippen LogP contribution >= 0.6 is 0 Å². The fraction of sp³-hybridized carbons (Fsp3) is 0.385. The summed E-state index contributed by atoms with van der Waals surface area (Å²) in [6, 6.07) is 2.64. The van der Waals surface area contributed by atoms with Crippen molar-refractivity contribution in [3.05, 3.63) is 28.8 Å². The largest absolute Gasteiger partial charge is 0.507 e. The summed E-state index contributed by atoms with van der Waals surface area (Å²) in [5.74, 6) is -1.54. The number of amides is 1. The zero-order valence-electron chi connectivity index (χ0n) is 10.9. The number of benzene rings is 1. The molecule has 1 amide bonds. The number of phenols is 1. The molecule has 0 radical (unpaired) electrons. The van der Waals surface area contributed by atoms with Gasteiger partial charge < -0.3 is 21.3 Å². The monoisotopic (exact) mass is 266 g/mol. The van der Waals surface area contributed by atoms with Crippen LogP contribution in [0.1, 0.15) is 29.2 Å². The van der Waals surface area contributed by atoms with Crippen LogP contribution in [-0.4, -0.2) is 28.6 Å². The molecule has 0 aliphatic carbocycles. The number of carboxylic acid groups (broad SMARTS) is 1. The number of aliphatic carboxylic acids is 1. The lowest BCUT2D eigenvalue weighted by Crippen LogP contribution is -2.34. The van der Waals surface area contributed by atoms with Gasteiger partial charge in [0.2, 0.25) is 5.91 Å². The van der Waals surface area contributed by atoms with E-state index in [0.717, 1.165) is 5.56 Å². The van der Waals surface area contributed by atoms with E-state index in [-0.39, 0.29) is 18.7 Å². The Balaban J connectivity index is 3.16. The van der Waals surface area contributed by atoms with Gasteiger partial charge in [0.15, 0.2) is 0 Å². The van der Waals surface area contributed by atoms with Gasteiger partial charge in [-0.25, -0.2) is 0 Å². The zero-order chi connectivity index (χ0) is 14.6. The quantitative estimate of drug-likeness (QED) is 0.623. The van der Waals surface area contributed by atoms with Crippen molar-refractivity contribution >= 4 is 11.9 Å². The Hall–Kier alpha value is -2.08.